The van der Waals surface area contributed by atoms with Crippen LogP contribution < -0.4 is 10.2 Å². The molecule has 1 aliphatic rings. The molecule has 0 spiro atoms. The minimum Gasteiger partial charge on any atom is -0.379 e. The zero-order valence-electron chi connectivity index (χ0n) is 7.84. The molecule has 1 atom stereocenters. The SMILES string of the molecule is CC1CN(C)c2cc(Cl)ccc2N1. The Balaban J connectivity index is 2.43. The highest BCUT2D eigenvalue weighted by Crippen LogP contribution is 2.31. The van der Waals surface area contributed by atoms with Gasteiger partial charge < -0.3 is 10.2 Å². The molecule has 0 aromatic heterocycles. The van der Waals surface area contributed by atoms with Crippen LogP contribution in [0.2, 0.25) is 5.02 Å². The van der Waals surface area contributed by atoms with Crippen LogP contribution in [0.25, 0.3) is 0 Å². The van der Waals surface area contributed by atoms with E-state index in [0.717, 1.165) is 11.6 Å². The molecule has 0 radical (unpaired) electrons. The van der Waals surface area contributed by atoms with Crippen molar-refractivity contribution < 1.29 is 0 Å². The van der Waals surface area contributed by atoms with E-state index in [0.29, 0.717) is 6.04 Å². The van der Waals surface area contributed by atoms with E-state index in [2.05, 4.69) is 24.2 Å². The van der Waals surface area contributed by atoms with Gasteiger partial charge in [-0.25, -0.2) is 0 Å². The van der Waals surface area contributed by atoms with Crippen LogP contribution in [0.3, 0.4) is 0 Å². The molecule has 0 saturated carbocycles. The van der Waals surface area contributed by atoms with Crippen molar-refractivity contribution in [3.63, 3.8) is 0 Å². The van der Waals surface area contributed by atoms with Gasteiger partial charge in [0, 0.05) is 24.7 Å². The largest absolute Gasteiger partial charge is 0.379 e. The zero-order valence-corrected chi connectivity index (χ0v) is 8.60. The summed E-state index contributed by atoms with van der Waals surface area (Å²) < 4.78 is 0. The zero-order chi connectivity index (χ0) is 9.42. The molecular formula is C10H13ClN2. The molecule has 0 bridgehead atoms. The second kappa shape index (κ2) is 3.11. The van der Waals surface area contributed by atoms with Gasteiger partial charge in [-0.1, -0.05) is 11.6 Å². The van der Waals surface area contributed by atoms with Gasteiger partial charge in [0.25, 0.3) is 0 Å². The molecule has 1 aliphatic heterocycles. The van der Waals surface area contributed by atoms with Crippen LogP contribution in [0.15, 0.2) is 18.2 Å². The van der Waals surface area contributed by atoms with Crippen LogP contribution in [0.4, 0.5) is 11.4 Å². The normalized spacial score (nSPS) is 20.8. The number of halogens is 1. The monoisotopic (exact) mass is 196 g/mol. The summed E-state index contributed by atoms with van der Waals surface area (Å²) in [5.41, 5.74) is 2.36. The second-order valence-corrected chi connectivity index (χ2v) is 4.02. The molecule has 70 valence electrons. The van der Waals surface area contributed by atoms with Gasteiger partial charge in [0.2, 0.25) is 0 Å². The topological polar surface area (TPSA) is 15.3 Å². The lowest BCUT2D eigenvalue weighted by Crippen LogP contribution is -2.37. The molecule has 1 aromatic rings. The first-order valence-electron chi connectivity index (χ1n) is 4.44. The number of benzene rings is 1. The molecule has 0 saturated heterocycles. The molecule has 2 rings (SSSR count). The highest BCUT2D eigenvalue weighted by Gasteiger charge is 2.17. The van der Waals surface area contributed by atoms with E-state index < -0.39 is 0 Å². The number of nitrogens with zero attached hydrogens (tertiary/aromatic N) is 1. The number of hydrogen-bond donors (Lipinski definition) is 1. The summed E-state index contributed by atoms with van der Waals surface area (Å²) in [4.78, 5) is 2.22. The molecule has 0 aliphatic carbocycles. The molecule has 1 unspecified atom stereocenters. The van der Waals surface area contributed by atoms with Gasteiger partial charge in [-0.3, -0.25) is 0 Å². The second-order valence-electron chi connectivity index (χ2n) is 3.59. The molecule has 0 amide bonds. The number of anilines is 2. The van der Waals surface area contributed by atoms with Crippen molar-refractivity contribution >= 4 is 23.0 Å². The smallest absolute Gasteiger partial charge is 0.0615 e. The summed E-state index contributed by atoms with van der Waals surface area (Å²) in [7, 11) is 2.09. The van der Waals surface area contributed by atoms with Gasteiger partial charge >= 0.3 is 0 Å². The lowest BCUT2D eigenvalue weighted by Gasteiger charge is -2.33. The van der Waals surface area contributed by atoms with E-state index in [1.165, 1.54) is 11.4 Å². The predicted molar refractivity (Wildman–Crippen MR) is 57.8 cm³/mol. The summed E-state index contributed by atoms with van der Waals surface area (Å²) in [5, 5.41) is 4.21. The van der Waals surface area contributed by atoms with E-state index in [-0.39, 0.29) is 0 Å². The van der Waals surface area contributed by atoms with Crippen LogP contribution in [-0.4, -0.2) is 19.6 Å². The summed E-state index contributed by atoms with van der Waals surface area (Å²) in [5.74, 6) is 0. The third-order valence-electron chi connectivity index (χ3n) is 2.32. The van der Waals surface area contributed by atoms with E-state index in [1.807, 2.05) is 18.2 Å². The van der Waals surface area contributed by atoms with Crippen LogP contribution >= 0.6 is 11.6 Å². The van der Waals surface area contributed by atoms with Crippen molar-refractivity contribution in [3.05, 3.63) is 23.2 Å². The predicted octanol–water partition coefficient (Wildman–Crippen LogP) is 2.59. The summed E-state index contributed by atoms with van der Waals surface area (Å²) in [6.07, 6.45) is 0. The molecule has 3 heteroatoms. The third kappa shape index (κ3) is 1.59. The molecule has 1 aromatic carbocycles. The van der Waals surface area contributed by atoms with Crippen molar-refractivity contribution in [3.8, 4) is 0 Å². The Kier molecular flexibility index (Phi) is 2.08. The van der Waals surface area contributed by atoms with Gasteiger partial charge in [0.05, 0.1) is 11.4 Å². The lowest BCUT2D eigenvalue weighted by molar-refractivity contribution is 0.738. The Morgan fingerprint density at radius 1 is 1.54 bits per heavy atom. The first-order valence-corrected chi connectivity index (χ1v) is 4.82. The highest BCUT2D eigenvalue weighted by atomic mass is 35.5. The van der Waals surface area contributed by atoms with Crippen LogP contribution in [0.1, 0.15) is 6.92 Å². The third-order valence-corrected chi connectivity index (χ3v) is 2.56. The van der Waals surface area contributed by atoms with Crippen molar-refractivity contribution in [1.29, 1.82) is 0 Å². The minimum atomic E-state index is 0.499. The first-order chi connectivity index (χ1) is 6.16. The molecular weight excluding hydrogens is 184 g/mol. The Hall–Kier alpha value is -0.890. The maximum atomic E-state index is 5.92. The summed E-state index contributed by atoms with van der Waals surface area (Å²) in [6.45, 7) is 3.20. The number of fused-ring (bicyclic) bond motifs is 1. The fourth-order valence-electron chi connectivity index (χ4n) is 1.76. The number of likely N-dealkylation sites (N-methyl/N-ethyl adjacent to an activating group) is 1. The van der Waals surface area contributed by atoms with Crippen molar-refractivity contribution in [2.75, 3.05) is 23.8 Å². The fourth-order valence-corrected chi connectivity index (χ4v) is 1.93. The Bertz CT molecular complexity index is 325. The van der Waals surface area contributed by atoms with Gasteiger partial charge in [-0.2, -0.15) is 0 Å². The molecule has 1 heterocycles. The standard InChI is InChI=1S/C10H13ClN2/c1-7-6-13(2)10-5-8(11)3-4-9(10)12-7/h3-5,7,12H,6H2,1-2H3. The van der Waals surface area contributed by atoms with Crippen LogP contribution in [0, 0.1) is 0 Å². The summed E-state index contributed by atoms with van der Waals surface area (Å²) in [6, 6.07) is 6.44. The molecule has 13 heavy (non-hydrogen) atoms. The number of rotatable bonds is 0. The van der Waals surface area contributed by atoms with E-state index in [1.54, 1.807) is 0 Å². The van der Waals surface area contributed by atoms with E-state index in [9.17, 15) is 0 Å². The van der Waals surface area contributed by atoms with Crippen LogP contribution in [-0.2, 0) is 0 Å². The maximum absolute atomic E-state index is 5.92. The van der Waals surface area contributed by atoms with Crippen molar-refractivity contribution in [2.24, 2.45) is 0 Å². The Morgan fingerprint density at radius 2 is 2.31 bits per heavy atom. The van der Waals surface area contributed by atoms with Crippen molar-refractivity contribution in [2.45, 2.75) is 13.0 Å². The lowest BCUT2D eigenvalue weighted by atomic mass is 10.1. The van der Waals surface area contributed by atoms with E-state index >= 15 is 0 Å². The minimum absolute atomic E-state index is 0.499. The maximum Gasteiger partial charge on any atom is 0.0615 e. The first kappa shape index (κ1) is 8.70. The van der Waals surface area contributed by atoms with E-state index in [4.69, 9.17) is 11.6 Å². The van der Waals surface area contributed by atoms with Gasteiger partial charge in [0.15, 0.2) is 0 Å². The Labute approximate surface area is 83.5 Å². The van der Waals surface area contributed by atoms with Gasteiger partial charge in [-0.05, 0) is 25.1 Å². The fraction of sp³-hybridized carbons (Fsp3) is 0.400. The molecule has 0 fully saturated rings. The van der Waals surface area contributed by atoms with Crippen LogP contribution in [0.5, 0.6) is 0 Å². The molecule has 1 N–H and O–H groups in total. The molecule has 2 nitrogen and oxygen atoms in total. The number of hydrogen-bond acceptors (Lipinski definition) is 2. The van der Waals surface area contributed by atoms with Crippen molar-refractivity contribution in [1.82, 2.24) is 0 Å². The Morgan fingerprint density at radius 3 is 3.08 bits per heavy atom. The number of nitrogens with one attached hydrogen (secondary N) is 1. The average Bonchev–Trinajstić information content (AvgIpc) is 2.06. The van der Waals surface area contributed by atoms with Gasteiger partial charge in [-0.15, -0.1) is 0 Å². The summed E-state index contributed by atoms with van der Waals surface area (Å²) >= 11 is 5.92. The quantitative estimate of drug-likeness (QED) is 0.686. The highest BCUT2D eigenvalue weighted by molar-refractivity contribution is 6.31. The van der Waals surface area contributed by atoms with Gasteiger partial charge in [0.1, 0.15) is 0 Å². The average molecular weight is 197 g/mol.